The van der Waals surface area contributed by atoms with Crippen molar-refractivity contribution in [2.75, 3.05) is 11.9 Å². The Morgan fingerprint density at radius 3 is 2.88 bits per heavy atom. The van der Waals surface area contributed by atoms with Crippen molar-refractivity contribution in [3.63, 3.8) is 0 Å². The standard InChI is InChI=1S/C14H21ClN2/c1-11-5-4-8-14(9-11,10-16)17-13-7-3-2-6-12(13)15/h2-3,6-7,11,17H,4-5,8-10,16H2,1H3. The molecule has 0 heterocycles. The van der Waals surface area contributed by atoms with Crippen LogP contribution in [0.25, 0.3) is 0 Å². The third-order valence-corrected chi connectivity index (χ3v) is 4.09. The largest absolute Gasteiger partial charge is 0.377 e. The van der Waals surface area contributed by atoms with E-state index in [0.29, 0.717) is 6.54 Å². The molecule has 0 radical (unpaired) electrons. The van der Waals surface area contributed by atoms with Gasteiger partial charge in [0.05, 0.1) is 10.7 Å². The van der Waals surface area contributed by atoms with Gasteiger partial charge in [-0.1, -0.05) is 43.5 Å². The van der Waals surface area contributed by atoms with Crippen molar-refractivity contribution in [1.82, 2.24) is 0 Å². The molecule has 0 bridgehead atoms. The Bertz CT molecular complexity index is 380. The number of rotatable bonds is 3. The van der Waals surface area contributed by atoms with Crippen molar-refractivity contribution in [3.05, 3.63) is 29.3 Å². The molecular weight excluding hydrogens is 232 g/mol. The van der Waals surface area contributed by atoms with Gasteiger partial charge in [0, 0.05) is 12.1 Å². The molecule has 2 rings (SSSR count). The summed E-state index contributed by atoms with van der Waals surface area (Å²) in [5, 5.41) is 4.36. The zero-order valence-corrected chi connectivity index (χ0v) is 11.1. The van der Waals surface area contributed by atoms with Crippen LogP contribution in [-0.2, 0) is 0 Å². The topological polar surface area (TPSA) is 38.0 Å². The molecule has 3 N–H and O–H groups in total. The molecule has 1 aromatic rings. The number of halogens is 1. The quantitative estimate of drug-likeness (QED) is 0.862. The van der Waals surface area contributed by atoms with E-state index in [1.807, 2.05) is 24.3 Å². The fourth-order valence-electron chi connectivity index (χ4n) is 2.86. The minimum absolute atomic E-state index is 0.0304. The summed E-state index contributed by atoms with van der Waals surface area (Å²) in [6.07, 6.45) is 4.83. The second-order valence-corrected chi connectivity index (χ2v) is 5.70. The molecule has 94 valence electrons. The van der Waals surface area contributed by atoms with Crippen LogP contribution in [0.4, 0.5) is 5.69 Å². The van der Waals surface area contributed by atoms with E-state index in [9.17, 15) is 0 Å². The van der Waals surface area contributed by atoms with Crippen LogP contribution in [0.3, 0.4) is 0 Å². The van der Waals surface area contributed by atoms with Crippen LogP contribution in [-0.4, -0.2) is 12.1 Å². The second-order valence-electron chi connectivity index (χ2n) is 5.29. The first-order valence-electron chi connectivity index (χ1n) is 6.38. The Kier molecular flexibility index (Phi) is 3.95. The average molecular weight is 253 g/mol. The molecule has 0 aromatic heterocycles. The lowest BCUT2D eigenvalue weighted by molar-refractivity contribution is 0.264. The molecule has 17 heavy (non-hydrogen) atoms. The molecule has 1 fully saturated rings. The number of benzene rings is 1. The Morgan fingerprint density at radius 1 is 1.47 bits per heavy atom. The van der Waals surface area contributed by atoms with Gasteiger partial charge in [0.1, 0.15) is 0 Å². The second kappa shape index (κ2) is 5.28. The molecule has 1 aliphatic rings. The Morgan fingerprint density at radius 2 is 2.24 bits per heavy atom. The van der Waals surface area contributed by atoms with Crippen molar-refractivity contribution in [2.24, 2.45) is 11.7 Å². The molecule has 1 saturated carbocycles. The minimum Gasteiger partial charge on any atom is -0.377 e. The fourth-order valence-corrected chi connectivity index (χ4v) is 3.04. The van der Waals surface area contributed by atoms with E-state index >= 15 is 0 Å². The molecule has 1 aliphatic carbocycles. The van der Waals surface area contributed by atoms with Gasteiger partial charge in [0.2, 0.25) is 0 Å². The van der Waals surface area contributed by atoms with Gasteiger partial charge < -0.3 is 11.1 Å². The number of anilines is 1. The average Bonchev–Trinajstić information content (AvgIpc) is 2.32. The van der Waals surface area contributed by atoms with Crippen LogP contribution in [0.2, 0.25) is 5.02 Å². The summed E-state index contributed by atoms with van der Waals surface area (Å²) >= 11 is 6.20. The third kappa shape index (κ3) is 2.93. The molecule has 0 saturated heterocycles. The maximum Gasteiger partial charge on any atom is 0.0637 e. The number of hydrogen-bond acceptors (Lipinski definition) is 2. The maximum absolute atomic E-state index is 6.20. The van der Waals surface area contributed by atoms with Crippen LogP contribution in [0.5, 0.6) is 0 Å². The normalized spacial score (nSPS) is 29.0. The summed E-state index contributed by atoms with van der Waals surface area (Å²) in [6.45, 7) is 2.97. The van der Waals surface area contributed by atoms with Crippen molar-refractivity contribution >= 4 is 17.3 Å². The van der Waals surface area contributed by atoms with Crippen LogP contribution >= 0.6 is 11.6 Å². The third-order valence-electron chi connectivity index (χ3n) is 3.76. The summed E-state index contributed by atoms with van der Waals surface area (Å²) in [5.41, 5.74) is 7.03. The zero-order valence-electron chi connectivity index (χ0n) is 10.4. The fraction of sp³-hybridized carbons (Fsp3) is 0.571. The summed E-state index contributed by atoms with van der Waals surface area (Å²) in [7, 11) is 0. The van der Waals surface area contributed by atoms with E-state index < -0.39 is 0 Å². The highest BCUT2D eigenvalue weighted by molar-refractivity contribution is 6.33. The van der Waals surface area contributed by atoms with E-state index in [1.165, 1.54) is 12.8 Å². The van der Waals surface area contributed by atoms with Gasteiger partial charge in [-0.3, -0.25) is 0 Å². The number of nitrogens with two attached hydrogens (primary N) is 1. The van der Waals surface area contributed by atoms with Gasteiger partial charge in [-0.25, -0.2) is 0 Å². The smallest absolute Gasteiger partial charge is 0.0637 e. The van der Waals surface area contributed by atoms with Crippen LogP contribution < -0.4 is 11.1 Å². The predicted octanol–water partition coefficient (Wildman–Crippen LogP) is 3.66. The molecular formula is C14H21ClN2. The van der Waals surface area contributed by atoms with Gasteiger partial charge in [-0.2, -0.15) is 0 Å². The molecule has 3 heteroatoms. The summed E-state index contributed by atoms with van der Waals surface area (Å²) in [6, 6.07) is 7.90. The molecule has 0 amide bonds. The van der Waals surface area contributed by atoms with E-state index in [-0.39, 0.29) is 5.54 Å². The van der Waals surface area contributed by atoms with Crippen LogP contribution in [0, 0.1) is 5.92 Å². The number of para-hydroxylation sites is 1. The SMILES string of the molecule is CC1CCCC(CN)(Nc2ccccc2Cl)C1. The summed E-state index contributed by atoms with van der Waals surface area (Å²) < 4.78 is 0. The first-order valence-corrected chi connectivity index (χ1v) is 6.76. The van der Waals surface area contributed by atoms with Gasteiger partial charge in [0.25, 0.3) is 0 Å². The zero-order chi connectivity index (χ0) is 12.3. The molecule has 0 aliphatic heterocycles. The van der Waals surface area contributed by atoms with Gasteiger partial charge in [-0.15, -0.1) is 0 Å². The predicted molar refractivity (Wildman–Crippen MR) is 74.5 cm³/mol. The number of nitrogens with one attached hydrogen (secondary N) is 1. The Labute approximate surface area is 109 Å². The lowest BCUT2D eigenvalue weighted by Crippen LogP contribution is -2.48. The van der Waals surface area contributed by atoms with E-state index in [2.05, 4.69) is 12.2 Å². The lowest BCUT2D eigenvalue weighted by Gasteiger charge is -2.41. The maximum atomic E-state index is 6.20. The highest BCUT2D eigenvalue weighted by Gasteiger charge is 2.33. The summed E-state index contributed by atoms with van der Waals surface area (Å²) in [4.78, 5) is 0. The Balaban J connectivity index is 2.17. The van der Waals surface area contributed by atoms with Gasteiger partial charge in [-0.05, 0) is 30.9 Å². The molecule has 2 atom stereocenters. The molecule has 2 nitrogen and oxygen atoms in total. The van der Waals surface area contributed by atoms with Crippen molar-refractivity contribution < 1.29 is 0 Å². The Hall–Kier alpha value is -0.730. The van der Waals surface area contributed by atoms with Crippen molar-refractivity contribution in [2.45, 2.75) is 38.1 Å². The summed E-state index contributed by atoms with van der Waals surface area (Å²) in [5.74, 6) is 0.738. The van der Waals surface area contributed by atoms with Crippen LogP contribution in [0.15, 0.2) is 24.3 Å². The van der Waals surface area contributed by atoms with Crippen LogP contribution in [0.1, 0.15) is 32.6 Å². The number of hydrogen-bond donors (Lipinski definition) is 2. The molecule has 1 aromatic carbocycles. The first-order chi connectivity index (χ1) is 8.15. The van der Waals surface area contributed by atoms with Crippen molar-refractivity contribution in [1.29, 1.82) is 0 Å². The van der Waals surface area contributed by atoms with Gasteiger partial charge >= 0.3 is 0 Å². The highest BCUT2D eigenvalue weighted by atomic mass is 35.5. The lowest BCUT2D eigenvalue weighted by atomic mass is 9.76. The van der Waals surface area contributed by atoms with Crippen molar-refractivity contribution in [3.8, 4) is 0 Å². The van der Waals surface area contributed by atoms with Gasteiger partial charge in [0.15, 0.2) is 0 Å². The van der Waals surface area contributed by atoms with E-state index in [0.717, 1.165) is 29.5 Å². The van der Waals surface area contributed by atoms with E-state index in [4.69, 9.17) is 17.3 Å². The highest BCUT2D eigenvalue weighted by Crippen LogP contribution is 2.35. The monoisotopic (exact) mass is 252 g/mol. The molecule has 2 unspecified atom stereocenters. The van der Waals surface area contributed by atoms with E-state index in [1.54, 1.807) is 0 Å². The first kappa shape index (κ1) is 12.7. The molecule has 0 spiro atoms. The minimum atomic E-state index is 0.0304.